The van der Waals surface area contributed by atoms with Gasteiger partial charge in [-0.25, -0.2) is 8.42 Å². The minimum atomic E-state index is -4.14. The van der Waals surface area contributed by atoms with Gasteiger partial charge in [0.15, 0.2) is 0 Å². The number of nitrogens with zero attached hydrogens (tertiary/aromatic N) is 2. The van der Waals surface area contributed by atoms with E-state index in [1.165, 1.54) is 17.0 Å². The number of sulfonamides is 1. The van der Waals surface area contributed by atoms with Gasteiger partial charge < -0.3 is 15.0 Å². The lowest BCUT2D eigenvalue weighted by Crippen LogP contribution is -2.52. The highest BCUT2D eigenvalue weighted by Crippen LogP contribution is 2.27. The van der Waals surface area contributed by atoms with Crippen molar-refractivity contribution in [1.82, 2.24) is 10.2 Å². The molecule has 41 heavy (non-hydrogen) atoms. The topological polar surface area (TPSA) is 96.0 Å². The van der Waals surface area contributed by atoms with Crippen LogP contribution in [0.1, 0.15) is 45.2 Å². The van der Waals surface area contributed by atoms with E-state index < -0.39 is 28.5 Å². The van der Waals surface area contributed by atoms with E-state index in [2.05, 4.69) is 5.32 Å². The van der Waals surface area contributed by atoms with Crippen LogP contribution < -0.4 is 14.4 Å². The second kappa shape index (κ2) is 14.4. The number of hydrogen-bond acceptors (Lipinski definition) is 5. The molecule has 3 aromatic carbocycles. The number of anilines is 1. The van der Waals surface area contributed by atoms with Gasteiger partial charge in [-0.2, -0.15) is 0 Å². The van der Waals surface area contributed by atoms with Gasteiger partial charge in [-0.1, -0.05) is 48.4 Å². The molecule has 3 rings (SSSR count). The molecule has 0 saturated carbocycles. The van der Waals surface area contributed by atoms with Crippen molar-refractivity contribution >= 4 is 39.1 Å². The molecule has 0 heterocycles. The van der Waals surface area contributed by atoms with Crippen LogP contribution in [0.2, 0.25) is 5.02 Å². The molecular formula is C31H38ClN3O5S. The summed E-state index contributed by atoms with van der Waals surface area (Å²) >= 11 is 6.06. The number of rotatable bonds is 13. The minimum absolute atomic E-state index is 0.0524. The molecule has 0 aliphatic carbocycles. The third-order valence-corrected chi connectivity index (χ3v) is 8.80. The number of nitrogens with one attached hydrogen (secondary N) is 1. The van der Waals surface area contributed by atoms with Crippen LogP contribution in [0.4, 0.5) is 5.69 Å². The molecule has 0 fully saturated rings. The van der Waals surface area contributed by atoms with E-state index in [0.717, 1.165) is 21.9 Å². The van der Waals surface area contributed by atoms with Gasteiger partial charge in [0.2, 0.25) is 11.8 Å². The van der Waals surface area contributed by atoms with Crippen LogP contribution in [0.5, 0.6) is 5.75 Å². The molecule has 0 aliphatic heterocycles. The molecule has 0 bridgehead atoms. The third-order valence-electron chi connectivity index (χ3n) is 6.76. The maximum absolute atomic E-state index is 14.0. The lowest BCUT2D eigenvalue weighted by molar-refractivity contribution is -0.139. The van der Waals surface area contributed by atoms with Gasteiger partial charge in [-0.15, -0.1) is 0 Å². The smallest absolute Gasteiger partial charge is 0.264 e. The Morgan fingerprint density at radius 2 is 1.54 bits per heavy atom. The van der Waals surface area contributed by atoms with Crippen molar-refractivity contribution in [3.63, 3.8) is 0 Å². The van der Waals surface area contributed by atoms with Gasteiger partial charge in [0, 0.05) is 17.6 Å². The zero-order chi connectivity index (χ0) is 30.2. The minimum Gasteiger partial charge on any atom is -0.494 e. The number of amides is 2. The number of carbonyl (C=O) groups excluding carboxylic acids is 2. The number of benzene rings is 3. The highest BCUT2D eigenvalue weighted by Gasteiger charge is 2.32. The van der Waals surface area contributed by atoms with Gasteiger partial charge in [0.05, 0.1) is 17.2 Å². The van der Waals surface area contributed by atoms with Gasteiger partial charge in [-0.05, 0) is 88.2 Å². The maximum atomic E-state index is 14.0. The lowest BCUT2D eigenvalue weighted by atomic mass is 10.1. The molecule has 2 amide bonds. The number of carbonyl (C=O) groups is 2. The van der Waals surface area contributed by atoms with Crippen LogP contribution in [-0.2, 0) is 26.2 Å². The Labute approximate surface area is 248 Å². The molecule has 0 unspecified atom stereocenters. The van der Waals surface area contributed by atoms with Gasteiger partial charge >= 0.3 is 0 Å². The SMILES string of the molecule is CCOc1ccc(N(CC(=O)N(Cc2ccc(Cl)cc2)[C@@H](C)C(=O)N[C@H](C)CC)S(=O)(=O)c2ccc(C)cc2)cc1. The van der Waals surface area contributed by atoms with Crippen LogP contribution in [0.3, 0.4) is 0 Å². The molecule has 2 atom stereocenters. The molecule has 0 aliphatic rings. The average Bonchev–Trinajstić information content (AvgIpc) is 2.95. The Kier molecular flexibility index (Phi) is 11.2. The molecule has 1 N–H and O–H groups in total. The van der Waals surface area contributed by atoms with Crippen LogP contribution in [0, 0.1) is 6.92 Å². The Balaban J connectivity index is 2.02. The molecule has 3 aromatic rings. The van der Waals surface area contributed by atoms with E-state index in [0.29, 0.717) is 23.1 Å². The van der Waals surface area contributed by atoms with Gasteiger partial charge in [0.25, 0.3) is 10.0 Å². The van der Waals surface area contributed by atoms with Crippen molar-refractivity contribution < 1.29 is 22.7 Å². The van der Waals surface area contributed by atoms with Crippen LogP contribution >= 0.6 is 11.6 Å². The van der Waals surface area contributed by atoms with Crippen LogP contribution in [0.25, 0.3) is 0 Å². The molecule has 0 aromatic heterocycles. The van der Waals surface area contributed by atoms with Crippen molar-refractivity contribution in [1.29, 1.82) is 0 Å². The fourth-order valence-electron chi connectivity index (χ4n) is 4.08. The maximum Gasteiger partial charge on any atom is 0.264 e. The first-order chi connectivity index (χ1) is 19.5. The number of halogens is 1. The number of ether oxygens (including phenoxy) is 1. The Morgan fingerprint density at radius 1 is 0.927 bits per heavy atom. The third kappa shape index (κ3) is 8.47. The molecule has 0 spiro atoms. The Bertz CT molecular complexity index is 1410. The van der Waals surface area contributed by atoms with Crippen LogP contribution in [-0.4, -0.2) is 50.4 Å². The van der Waals surface area contributed by atoms with Crippen molar-refractivity contribution in [2.45, 2.75) is 64.6 Å². The summed E-state index contributed by atoms with van der Waals surface area (Å²) in [5.74, 6) is -0.276. The molecule has 8 nitrogen and oxygen atoms in total. The summed E-state index contributed by atoms with van der Waals surface area (Å²) in [6.07, 6.45) is 0.726. The summed E-state index contributed by atoms with van der Waals surface area (Å²) in [4.78, 5) is 28.6. The lowest BCUT2D eigenvalue weighted by Gasteiger charge is -2.32. The first kappa shape index (κ1) is 32.0. The molecular weight excluding hydrogens is 562 g/mol. The predicted molar refractivity (Wildman–Crippen MR) is 163 cm³/mol. The van der Waals surface area contributed by atoms with Gasteiger partial charge in [-0.3, -0.25) is 13.9 Å². The predicted octanol–water partition coefficient (Wildman–Crippen LogP) is 5.57. The number of aryl methyl sites for hydroxylation is 1. The van der Waals surface area contributed by atoms with E-state index in [1.54, 1.807) is 67.6 Å². The van der Waals surface area contributed by atoms with E-state index in [9.17, 15) is 18.0 Å². The number of hydrogen-bond donors (Lipinski definition) is 1. The van der Waals surface area contributed by atoms with E-state index in [1.807, 2.05) is 27.7 Å². The highest BCUT2D eigenvalue weighted by molar-refractivity contribution is 7.92. The van der Waals surface area contributed by atoms with Gasteiger partial charge in [0.1, 0.15) is 18.3 Å². The summed E-state index contributed by atoms with van der Waals surface area (Å²) in [7, 11) is -4.14. The van der Waals surface area contributed by atoms with Crippen molar-refractivity contribution in [2.24, 2.45) is 0 Å². The Morgan fingerprint density at radius 3 is 2.10 bits per heavy atom. The largest absolute Gasteiger partial charge is 0.494 e. The summed E-state index contributed by atoms with van der Waals surface area (Å²) in [5.41, 5.74) is 1.95. The summed E-state index contributed by atoms with van der Waals surface area (Å²) in [5, 5.41) is 3.47. The Hall–Kier alpha value is -3.56. The van der Waals surface area contributed by atoms with Crippen molar-refractivity contribution in [2.75, 3.05) is 17.5 Å². The highest BCUT2D eigenvalue weighted by atomic mass is 35.5. The standard InChI is InChI=1S/C31H38ClN3O5S/c1-6-23(4)33-31(37)24(5)34(20-25-10-12-26(32)13-11-25)30(36)21-35(27-14-16-28(17-15-27)40-7-2)41(38,39)29-18-8-22(3)9-19-29/h8-19,23-24H,6-7,20-21H2,1-5H3,(H,33,37)/t23-,24+/m1/s1. The van der Waals surface area contributed by atoms with Crippen LogP contribution in [0.15, 0.2) is 77.7 Å². The fourth-order valence-corrected chi connectivity index (χ4v) is 5.62. The molecule has 0 radical (unpaired) electrons. The van der Waals surface area contributed by atoms with Crippen molar-refractivity contribution in [3.05, 3.63) is 88.9 Å². The first-order valence-corrected chi connectivity index (χ1v) is 15.4. The molecule has 0 saturated heterocycles. The summed E-state index contributed by atoms with van der Waals surface area (Å²) in [6.45, 7) is 9.24. The molecule has 10 heteroatoms. The average molecular weight is 600 g/mol. The second-order valence-corrected chi connectivity index (χ2v) is 12.2. The first-order valence-electron chi connectivity index (χ1n) is 13.6. The fraction of sp³-hybridized carbons (Fsp3) is 0.355. The monoisotopic (exact) mass is 599 g/mol. The van der Waals surface area contributed by atoms with Crippen molar-refractivity contribution in [3.8, 4) is 5.75 Å². The normalized spacial score (nSPS) is 12.7. The molecule has 220 valence electrons. The zero-order valence-electron chi connectivity index (χ0n) is 24.1. The van der Waals surface area contributed by atoms with E-state index in [-0.39, 0.29) is 23.4 Å². The quantitative estimate of drug-likeness (QED) is 0.277. The second-order valence-electron chi connectivity index (χ2n) is 9.89. The summed E-state index contributed by atoms with van der Waals surface area (Å²) in [6, 6.07) is 19.0. The van der Waals surface area contributed by atoms with E-state index in [4.69, 9.17) is 16.3 Å². The van der Waals surface area contributed by atoms with E-state index >= 15 is 0 Å². The zero-order valence-corrected chi connectivity index (χ0v) is 25.7. The summed E-state index contributed by atoms with van der Waals surface area (Å²) < 4.78 is 34.4.